The maximum Gasteiger partial charge on any atom is 0.187 e. The minimum atomic E-state index is -1.05. The lowest BCUT2D eigenvalue weighted by molar-refractivity contribution is 0.395. The molecule has 0 unspecified atom stereocenters. The van der Waals surface area contributed by atoms with E-state index < -0.39 is 23.2 Å². The molecule has 0 amide bonds. The molecule has 0 aliphatic rings. The van der Waals surface area contributed by atoms with Crippen molar-refractivity contribution < 1.29 is 18.3 Å². The minimum absolute atomic E-state index is 0.0634. The molecule has 0 bridgehead atoms. The molecule has 0 heterocycles. The van der Waals surface area contributed by atoms with Crippen molar-refractivity contribution in [3.63, 3.8) is 0 Å². The van der Waals surface area contributed by atoms with Crippen molar-refractivity contribution in [3.8, 4) is 5.75 Å². The van der Waals surface area contributed by atoms with E-state index >= 15 is 0 Å². The third-order valence-corrected chi connectivity index (χ3v) is 2.65. The van der Waals surface area contributed by atoms with Gasteiger partial charge in [-0.05, 0) is 35.9 Å². The standard InChI is InChI=1S/C13H9ClF3NO/c14-8-3-9(15)5-10(4-8)18-6-7-1-11(16)13(19)12(17)2-7/h1-5,18-19H,6H2. The van der Waals surface area contributed by atoms with Gasteiger partial charge in [0.05, 0.1) is 0 Å². The van der Waals surface area contributed by atoms with Crippen LogP contribution in [0.3, 0.4) is 0 Å². The van der Waals surface area contributed by atoms with E-state index in [1.54, 1.807) is 0 Å². The fourth-order valence-electron chi connectivity index (χ4n) is 1.58. The van der Waals surface area contributed by atoms with Crippen LogP contribution >= 0.6 is 11.6 Å². The van der Waals surface area contributed by atoms with E-state index in [9.17, 15) is 13.2 Å². The predicted molar refractivity (Wildman–Crippen MR) is 66.8 cm³/mol. The van der Waals surface area contributed by atoms with Crippen molar-refractivity contribution in [2.75, 3.05) is 5.32 Å². The average Bonchev–Trinajstić information content (AvgIpc) is 2.32. The Morgan fingerprint density at radius 3 is 2.21 bits per heavy atom. The number of hydrogen-bond acceptors (Lipinski definition) is 2. The third-order valence-electron chi connectivity index (χ3n) is 2.44. The lowest BCUT2D eigenvalue weighted by Crippen LogP contribution is -2.01. The number of aromatic hydroxyl groups is 1. The molecule has 0 radical (unpaired) electrons. The monoisotopic (exact) mass is 287 g/mol. The van der Waals surface area contributed by atoms with Gasteiger partial charge in [-0.3, -0.25) is 0 Å². The summed E-state index contributed by atoms with van der Waals surface area (Å²) >= 11 is 5.67. The fourth-order valence-corrected chi connectivity index (χ4v) is 1.80. The maximum atomic E-state index is 13.1. The molecular formula is C13H9ClF3NO. The number of phenolic OH excluding ortho intramolecular Hbond substituents is 1. The molecular weight excluding hydrogens is 279 g/mol. The summed E-state index contributed by atoms with van der Waals surface area (Å²) in [5.41, 5.74) is 0.659. The molecule has 0 saturated heterocycles. The summed E-state index contributed by atoms with van der Waals surface area (Å²) in [4.78, 5) is 0. The number of benzene rings is 2. The molecule has 2 N–H and O–H groups in total. The van der Waals surface area contributed by atoms with E-state index in [0.29, 0.717) is 5.69 Å². The van der Waals surface area contributed by atoms with Crippen molar-refractivity contribution in [3.05, 3.63) is 58.4 Å². The highest BCUT2D eigenvalue weighted by Gasteiger charge is 2.09. The van der Waals surface area contributed by atoms with Crippen LogP contribution in [-0.4, -0.2) is 5.11 Å². The number of phenols is 1. The Balaban J connectivity index is 2.14. The van der Waals surface area contributed by atoms with Crippen LogP contribution < -0.4 is 5.32 Å². The molecule has 0 aliphatic carbocycles. The Bertz CT molecular complexity index is 576. The Morgan fingerprint density at radius 2 is 1.63 bits per heavy atom. The number of nitrogens with one attached hydrogen (secondary N) is 1. The van der Waals surface area contributed by atoms with Gasteiger partial charge in [0.2, 0.25) is 0 Å². The van der Waals surface area contributed by atoms with Crippen molar-refractivity contribution in [2.45, 2.75) is 6.54 Å². The summed E-state index contributed by atoms with van der Waals surface area (Å²) in [6.07, 6.45) is 0. The van der Waals surface area contributed by atoms with E-state index in [0.717, 1.165) is 18.2 Å². The molecule has 2 aromatic carbocycles. The molecule has 0 saturated carbocycles. The smallest absolute Gasteiger partial charge is 0.187 e. The summed E-state index contributed by atoms with van der Waals surface area (Å²) in [5, 5.41) is 11.9. The predicted octanol–water partition coefficient (Wildman–Crippen LogP) is 4.08. The second kappa shape index (κ2) is 5.40. The van der Waals surface area contributed by atoms with Gasteiger partial charge in [0, 0.05) is 17.3 Å². The molecule has 2 aromatic rings. The Hall–Kier alpha value is -1.88. The van der Waals surface area contributed by atoms with Gasteiger partial charge in [0.15, 0.2) is 17.4 Å². The SMILES string of the molecule is Oc1c(F)cc(CNc2cc(F)cc(Cl)c2)cc1F. The first-order chi connectivity index (χ1) is 8.95. The zero-order valence-corrected chi connectivity index (χ0v) is 10.3. The zero-order valence-electron chi connectivity index (χ0n) is 9.55. The van der Waals surface area contributed by atoms with E-state index in [1.807, 2.05) is 0 Å². The van der Waals surface area contributed by atoms with Gasteiger partial charge in [0.25, 0.3) is 0 Å². The van der Waals surface area contributed by atoms with Crippen LogP contribution in [0.2, 0.25) is 5.02 Å². The summed E-state index contributed by atoms with van der Waals surface area (Å²) in [6.45, 7) is 0.0634. The van der Waals surface area contributed by atoms with Gasteiger partial charge in [-0.15, -0.1) is 0 Å². The van der Waals surface area contributed by atoms with Crippen molar-refractivity contribution in [1.82, 2.24) is 0 Å². The molecule has 100 valence electrons. The number of halogens is 4. The maximum absolute atomic E-state index is 13.1. The fraction of sp³-hybridized carbons (Fsp3) is 0.0769. The first kappa shape index (κ1) is 13.5. The average molecular weight is 288 g/mol. The minimum Gasteiger partial charge on any atom is -0.503 e. The number of anilines is 1. The molecule has 0 aliphatic heterocycles. The summed E-state index contributed by atoms with van der Waals surface area (Å²) in [5.74, 6) is -3.63. The second-order valence-electron chi connectivity index (χ2n) is 3.92. The van der Waals surface area contributed by atoms with Crippen LogP contribution in [0.1, 0.15) is 5.56 Å². The van der Waals surface area contributed by atoms with Gasteiger partial charge in [-0.2, -0.15) is 0 Å². The first-order valence-corrected chi connectivity index (χ1v) is 5.70. The van der Waals surface area contributed by atoms with Gasteiger partial charge >= 0.3 is 0 Å². The number of rotatable bonds is 3. The highest BCUT2D eigenvalue weighted by atomic mass is 35.5. The van der Waals surface area contributed by atoms with Gasteiger partial charge in [0.1, 0.15) is 5.82 Å². The number of hydrogen-bond donors (Lipinski definition) is 2. The molecule has 19 heavy (non-hydrogen) atoms. The quantitative estimate of drug-likeness (QED) is 0.892. The molecule has 0 aromatic heterocycles. The van der Waals surface area contributed by atoms with Gasteiger partial charge in [-0.1, -0.05) is 11.6 Å². The zero-order chi connectivity index (χ0) is 14.0. The molecule has 0 spiro atoms. The third kappa shape index (κ3) is 3.32. The first-order valence-electron chi connectivity index (χ1n) is 5.32. The van der Waals surface area contributed by atoms with Crippen LogP contribution in [0.25, 0.3) is 0 Å². The van der Waals surface area contributed by atoms with E-state index in [4.69, 9.17) is 16.7 Å². The lowest BCUT2D eigenvalue weighted by Gasteiger charge is -2.08. The molecule has 0 fully saturated rings. The van der Waals surface area contributed by atoms with Crippen LogP contribution in [0, 0.1) is 17.5 Å². The Kier molecular flexibility index (Phi) is 3.85. The van der Waals surface area contributed by atoms with E-state index in [1.165, 1.54) is 12.1 Å². The van der Waals surface area contributed by atoms with Gasteiger partial charge < -0.3 is 10.4 Å². The lowest BCUT2D eigenvalue weighted by atomic mass is 10.2. The molecule has 6 heteroatoms. The van der Waals surface area contributed by atoms with Crippen LogP contribution in [0.15, 0.2) is 30.3 Å². The molecule has 2 rings (SSSR count). The molecule has 2 nitrogen and oxygen atoms in total. The van der Waals surface area contributed by atoms with Crippen LogP contribution in [0.5, 0.6) is 5.75 Å². The van der Waals surface area contributed by atoms with Gasteiger partial charge in [-0.25, -0.2) is 13.2 Å². The van der Waals surface area contributed by atoms with Crippen molar-refractivity contribution >= 4 is 17.3 Å². The van der Waals surface area contributed by atoms with Crippen LogP contribution in [-0.2, 0) is 6.54 Å². The normalized spacial score (nSPS) is 10.5. The Labute approximate surface area is 112 Å². The van der Waals surface area contributed by atoms with E-state index in [-0.39, 0.29) is 17.1 Å². The second-order valence-corrected chi connectivity index (χ2v) is 4.36. The Morgan fingerprint density at radius 1 is 1.00 bits per heavy atom. The summed E-state index contributed by atoms with van der Waals surface area (Å²) in [7, 11) is 0. The topological polar surface area (TPSA) is 32.3 Å². The largest absolute Gasteiger partial charge is 0.503 e. The summed E-state index contributed by atoms with van der Waals surface area (Å²) in [6, 6.07) is 5.82. The van der Waals surface area contributed by atoms with Crippen molar-refractivity contribution in [2.24, 2.45) is 0 Å². The summed E-state index contributed by atoms with van der Waals surface area (Å²) < 4.78 is 39.2. The highest BCUT2D eigenvalue weighted by Crippen LogP contribution is 2.23. The van der Waals surface area contributed by atoms with Crippen LogP contribution in [0.4, 0.5) is 18.9 Å². The molecule has 0 atom stereocenters. The highest BCUT2D eigenvalue weighted by molar-refractivity contribution is 6.30. The van der Waals surface area contributed by atoms with E-state index in [2.05, 4.69) is 5.32 Å². The van der Waals surface area contributed by atoms with Crippen molar-refractivity contribution in [1.29, 1.82) is 0 Å².